The summed E-state index contributed by atoms with van der Waals surface area (Å²) in [6.45, 7) is 3.58. The van der Waals surface area contributed by atoms with Crippen molar-refractivity contribution in [3.8, 4) is 23.0 Å². The zero-order valence-corrected chi connectivity index (χ0v) is 29.3. The first-order valence-electron chi connectivity index (χ1n) is 18.1. The summed E-state index contributed by atoms with van der Waals surface area (Å²) in [5.41, 5.74) is 0.116. The number of aryl methyl sites for hydroxylation is 2. The summed E-state index contributed by atoms with van der Waals surface area (Å²) in [6.07, 6.45) is 6.52. The largest absolute Gasteiger partial charge is 0.872 e. The molecule has 0 aliphatic carbocycles. The maximum atomic E-state index is 13.9. The number of carbonyl (C=O) groups excluding carboxylic acids is 1. The van der Waals surface area contributed by atoms with E-state index in [-0.39, 0.29) is 33.9 Å². The van der Waals surface area contributed by atoms with Crippen molar-refractivity contribution in [2.75, 3.05) is 6.61 Å². The Balaban J connectivity index is 1.91. The third kappa shape index (κ3) is 11.8. The lowest BCUT2D eigenvalue weighted by atomic mass is 9.97. The van der Waals surface area contributed by atoms with Gasteiger partial charge >= 0.3 is 11.9 Å². The molecule has 0 unspecified atom stereocenters. The molecule has 12 nitrogen and oxygen atoms in total. The first-order valence-corrected chi connectivity index (χ1v) is 18.1. The number of phenols is 1. The summed E-state index contributed by atoms with van der Waals surface area (Å²) in [7, 11) is 0. The van der Waals surface area contributed by atoms with Crippen LogP contribution >= 0.6 is 0 Å². The van der Waals surface area contributed by atoms with Crippen molar-refractivity contribution in [1.82, 2.24) is 0 Å². The van der Waals surface area contributed by atoms with Crippen molar-refractivity contribution in [2.24, 2.45) is 0 Å². The molecule has 5 atom stereocenters. The van der Waals surface area contributed by atoms with Gasteiger partial charge in [0.2, 0.25) is 6.29 Å². The van der Waals surface area contributed by atoms with Crippen LogP contribution < -0.4 is 14.6 Å². The zero-order valence-electron chi connectivity index (χ0n) is 29.3. The molecule has 280 valence electrons. The normalized spacial score (nSPS) is 20.5. The molecule has 6 N–H and O–H groups in total. The van der Waals surface area contributed by atoms with E-state index in [0.717, 1.165) is 89.2 Å². The molecule has 3 rings (SSSR count). The van der Waals surface area contributed by atoms with Crippen molar-refractivity contribution in [1.29, 1.82) is 0 Å². The Labute approximate surface area is 294 Å². The van der Waals surface area contributed by atoms with Gasteiger partial charge < -0.3 is 50.0 Å². The van der Waals surface area contributed by atoms with Crippen molar-refractivity contribution < 1.29 is 59.5 Å². The van der Waals surface area contributed by atoms with Crippen molar-refractivity contribution in [3.05, 3.63) is 46.5 Å². The third-order valence-corrected chi connectivity index (χ3v) is 9.15. The average Bonchev–Trinajstić information content (AvgIpc) is 3.07. The number of rotatable bonds is 22. The van der Waals surface area contributed by atoms with Crippen LogP contribution in [0.5, 0.6) is 23.0 Å². The van der Waals surface area contributed by atoms with Gasteiger partial charge in [-0.1, -0.05) is 96.6 Å². The SMILES string of the molecule is CCCCCCCCCc1cc(OC(=O)c2c(CCCCCCCCC)cc(O)cc2O[C@@H]2O[C@H](CO)[C@@H](O)[C@H](O)[C@H]2O)cc([O-])c1C(=O)O. The third-order valence-electron chi connectivity index (χ3n) is 9.15. The molecule has 1 aliphatic rings. The van der Waals surface area contributed by atoms with Crippen LogP contribution in [-0.2, 0) is 17.6 Å². The maximum absolute atomic E-state index is 13.9. The highest BCUT2D eigenvalue weighted by Gasteiger charge is 2.45. The molecular formula is C38H55O12-. The number of unbranched alkanes of at least 4 members (excludes halogenated alkanes) is 12. The lowest BCUT2D eigenvalue weighted by Crippen LogP contribution is -2.60. The van der Waals surface area contributed by atoms with Crippen LogP contribution in [0.15, 0.2) is 24.3 Å². The number of esters is 1. The van der Waals surface area contributed by atoms with Gasteiger partial charge in [0.25, 0.3) is 0 Å². The van der Waals surface area contributed by atoms with E-state index < -0.39 is 55.0 Å². The van der Waals surface area contributed by atoms with Gasteiger partial charge in [0.05, 0.1) is 12.2 Å². The highest BCUT2D eigenvalue weighted by Crippen LogP contribution is 2.35. The van der Waals surface area contributed by atoms with Gasteiger partial charge in [0.1, 0.15) is 47.2 Å². The second kappa shape index (κ2) is 21.1. The van der Waals surface area contributed by atoms with Gasteiger partial charge in [0.15, 0.2) is 0 Å². The fourth-order valence-electron chi connectivity index (χ4n) is 6.32. The number of aromatic carboxylic acids is 1. The van der Waals surface area contributed by atoms with Gasteiger partial charge in [0, 0.05) is 6.07 Å². The Morgan fingerprint density at radius 1 is 0.740 bits per heavy atom. The van der Waals surface area contributed by atoms with E-state index in [4.69, 9.17) is 14.2 Å². The van der Waals surface area contributed by atoms with Crippen LogP contribution in [0.1, 0.15) is 136 Å². The molecule has 1 heterocycles. The molecule has 0 saturated carbocycles. The average molecular weight is 704 g/mol. The van der Waals surface area contributed by atoms with Gasteiger partial charge in [-0.05, 0) is 55.0 Å². The van der Waals surface area contributed by atoms with Gasteiger partial charge in [-0.2, -0.15) is 0 Å². The van der Waals surface area contributed by atoms with Gasteiger partial charge in [-0.25, -0.2) is 9.59 Å². The Morgan fingerprint density at radius 3 is 1.82 bits per heavy atom. The van der Waals surface area contributed by atoms with Crippen LogP contribution in [0.4, 0.5) is 0 Å². The highest BCUT2D eigenvalue weighted by atomic mass is 16.7. The Bertz CT molecular complexity index is 1360. The van der Waals surface area contributed by atoms with Crippen LogP contribution in [0.25, 0.3) is 0 Å². The quantitative estimate of drug-likeness (QED) is 0.0535. The van der Waals surface area contributed by atoms with Gasteiger partial charge in [-0.15, -0.1) is 0 Å². The number of carbonyl (C=O) groups is 2. The molecule has 12 heteroatoms. The summed E-state index contributed by atoms with van der Waals surface area (Å²) in [5, 5.41) is 74.1. The van der Waals surface area contributed by atoms with Crippen LogP contribution in [0, 0.1) is 0 Å². The summed E-state index contributed by atoms with van der Waals surface area (Å²) in [5.74, 6) is -3.80. The smallest absolute Gasteiger partial charge is 0.347 e. The number of carboxylic acid groups (broad SMARTS) is 1. The monoisotopic (exact) mass is 703 g/mol. The fraction of sp³-hybridized carbons (Fsp3) is 0.632. The number of hydrogen-bond acceptors (Lipinski definition) is 11. The number of aromatic hydroxyl groups is 1. The molecule has 0 radical (unpaired) electrons. The predicted octanol–water partition coefficient (Wildman–Crippen LogP) is 5.15. The number of benzene rings is 2. The number of phenolic OH excluding ortho intramolecular Hbond substituents is 1. The Hall–Kier alpha value is -3.42. The molecule has 50 heavy (non-hydrogen) atoms. The van der Waals surface area contributed by atoms with Crippen molar-refractivity contribution >= 4 is 11.9 Å². The second-order valence-corrected chi connectivity index (χ2v) is 13.2. The minimum atomic E-state index is -1.79. The second-order valence-electron chi connectivity index (χ2n) is 13.2. The first kappa shape index (κ1) is 41.0. The summed E-state index contributed by atoms with van der Waals surface area (Å²) in [4.78, 5) is 25.9. The molecule has 1 aliphatic heterocycles. The lowest BCUT2D eigenvalue weighted by Gasteiger charge is -2.39. The molecule has 1 fully saturated rings. The van der Waals surface area contributed by atoms with Crippen LogP contribution in [0.2, 0.25) is 0 Å². The van der Waals surface area contributed by atoms with Crippen LogP contribution in [0.3, 0.4) is 0 Å². The number of carboxylic acids is 1. The highest BCUT2D eigenvalue weighted by molar-refractivity contribution is 5.97. The topological polar surface area (TPSA) is 206 Å². The zero-order chi connectivity index (χ0) is 36.6. The summed E-state index contributed by atoms with van der Waals surface area (Å²) < 4.78 is 17.0. The minimum Gasteiger partial charge on any atom is -0.872 e. The molecule has 0 aromatic heterocycles. The van der Waals surface area contributed by atoms with E-state index in [1.807, 2.05) is 0 Å². The van der Waals surface area contributed by atoms with Crippen LogP contribution in [-0.4, -0.2) is 79.9 Å². The molecular weight excluding hydrogens is 648 g/mol. The van der Waals surface area contributed by atoms with E-state index >= 15 is 0 Å². The van der Waals surface area contributed by atoms with Crippen molar-refractivity contribution in [2.45, 2.75) is 147 Å². The Morgan fingerprint density at radius 2 is 1.28 bits per heavy atom. The Kier molecular flexibility index (Phi) is 17.3. The minimum absolute atomic E-state index is 0.130. The molecule has 0 amide bonds. The molecule has 0 bridgehead atoms. The number of hydrogen-bond donors (Lipinski definition) is 6. The van der Waals surface area contributed by atoms with E-state index in [9.17, 15) is 45.3 Å². The van der Waals surface area contributed by atoms with E-state index in [2.05, 4.69) is 13.8 Å². The fourth-order valence-corrected chi connectivity index (χ4v) is 6.32. The molecule has 2 aromatic carbocycles. The maximum Gasteiger partial charge on any atom is 0.347 e. The lowest BCUT2D eigenvalue weighted by molar-refractivity contribution is -0.277. The van der Waals surface area contributed by atoms with E-state index in [0.29, 0.717) is 31.2 Å². The number of ether oxygens (including phenoxy) is 3. The first-order chi connectivity index (χ1) is 24.0. The number of aliphatic hydroxyl groups excluding tert-OH is 4. The van der Waals surface area contributed by atoms with Gasteiger partial charge in [-0.3, -0.25) is 0 Å². The molecule has 2 aromatic rings. The van der Waals surface area contributed by atoms with E-state index in [1.54, 1.807) is 0 Å². The molecule has 1 saturated heterocycles. The number of aliphatic hydroxyl groups is 4. The molecule has 0 spiro atoms. The standard InChI is InChI=1S/C38H56O12/c1-3-5-7-9-11-13-15-17-24-19-26(40)21-29(49-38-35(44)34(43)33(42)30(23-39)50-38)32(24)37(47)48-27-20-25(31(36(45)46)28(41)22-27)18-16-14-12-10-8-6-4-2/h19-22,30,33-35,38-44H,3-18,23H2,1-2H3,(H,45,46)/p-1/t30-,33-,34+,35-,38-/m1/s1. The van der Waals surface area contributed by atoms with Crippen molar-refractivity contribution in [3.63, 3.8) is 0 Å². The van der Waals surface area contributed by atoms with E-state index in [1.165, 1.54) is 12.1 Å². The summed E-state index contributed by atoms with van der Waals surface area (Å²) >= 11 is 0. The predicted molar refractivity (Wildman–Crippen MR) is 184 cm³/mol. The summed E-state index contributed by atoms with van der Waals surface area (Å²) in [6, 6.07) is 4.84.